The van der Waals surface area contributed by atoms with Crippen molar-refractivity contribution in [1.29, 1.82) is 0 Å². The smallest absolute Gasteiger partial charge is 0.353 e. The van der Waals surface area contributed by atoms with Crippen LogP contribution in [0.3, 0.4) is 0 Å². The molecule has 0 bridgehead atoms. The third kappa shape index (κ3) is 5.63. The summed E-state index contributed by atoms with van der Waals surface area (Å²) in [4.78, 5) is 20.7. The van der Waals surface area contributed by atoms with Crippen LogP contribution in [0.4, 0.5) is 13.2 Å². The molecule has 0 aromatic rings. The van der Waals surface area contributed by atoms with E-state index in [1.807, 2.05) is 0 Å². The molecule has 2 amide bonds. The van der Waals surface area contributed by atoms with Gasteiger partial charge in [-0.2, -0.15) is 13.2 Å². The van der Waals surface area contributed by atoms with Crippen LogP contribution in [0.1, 0.15) is 0 Å². The Bertz CT molecular complexity index is 220. The van der Waals surface area contributed by atoms with Crippen molar-refractivity contribution < 1.29 is 22.8 Å². The van der Waals surface area contributed by atoms with Gasteiger partial charge in [0.1, 0.15) is 5.88 Å². The molecule has 0 aliphatic rings. The lowest BCUT2D eigenvalue weighted by atomic mass is 10.5. The first kappa shape index (κ1) is 13.0. The molecule has 2 N–H and O–H groups in total. The van der Waals surface area contributed by atoms with Gasteiger partial charge in [0, 0.05) is 13.1 Å². The Hall–Kier alpha value is -0.980. The summed E-state index contributed by atoms with van der Waals surface area (Å²) in [5.41, 5.74) is 0. The highest BCUT2D eigenvalue weighted by Crippen LogP contribution is 2.13. The van der Waals surface area contributed by atoms with Gasteiger partial charge in [-0.1, -0.05) is 0 Å². The maximum absolute atomic E-state index is 11.6. The fourth-order valence-electron chi connectivity index (χ4n) is 0.525. The van der Waals surface area contributed by atoms with Gasteiger partial charge < -0.3 is 10.6 Å². The van der Waals surface area contributed by atoms with Crippen LogP contribution in [0, 0.1) is 0 Å². The van der Waals surface area contributed by atoms with Gasteiger partial charge in [-0.15, -0.1) is 11.6 Å². The predicted molar refractivity (Wildman–Crippen MR) is 42.8 cm³/mol. The first-order valence-corrected chi connectivity index (χ1v) is 4.09. The zero-order valence-corrected chi connectivity index (χ0v) is 7.71. The molecule has 0 aliphatic heterocycles. The third-order valence-corrected chi connectivity index (χ3v) is 1.35. The molecule has 0 aromatic carbocycles. The van der Waals surface area contributed by atoms with Crippen LogP contribution < -0.4 is 10.6 Å². The Morgan fingerprint density at radius 2 is 1.64 bits per heavy atom. The summed E-state index contributed by atoms with van der Waals surface area (Å²) in [6.45, 7) is -0.381. The number of carbonyl (C=O) groups excluding carboxylic acids is 2. The number of hydrogen-bond donors (Lipinski definition) is 2. The maximum Gasteiger partial charge on any atom is 0.471 e. The molecular weight excluding hydrogens is 225 g/mol. The topological polar surface area (TPSA) is 58.2 Å². The standard InChI is InChI=1S/C6H8ClF3N2O2/c7-3-4(13)11-1-2-12-5(14)6(8,9)10/h1-3H2,(H,11,13)(H,12,14). The minimum absolute atomic E-state index is 0.0899. The second-order valence-corrected chi connectivity index (χ2v) is 2.50. The average Bonchev–Trinajstić information content (AvgIpc) is 2.09. The van der Waals surface area contributed by atoms with Gasteiger partial charge in [-0.3, -0.25) is 9.59 Å². The molecule has 0 unspecified atom stereocenters. The number of rotatable bonds is 4. The van der Waals surface area contributed by atoms with Gasteiger partial charge in [-0.05, 0) is 0 Å². The van der Waals surface area contributed by atoms with E-state index in [1.165, 1.54) is 0 Å². The lowest BCUT2D eigenvalue weighted by Gasteiger charge is -2.07. The fourth-order valence-corrected chi connectivity index (χ4v) is 0.620. The van der Waals surface area contributed by atoms with Gasteiger partial charge >= 0.3 is 12.1 Å². The molecule has 0 heterocycles. The minimum Gasteiger partial charge on any atom is -0.353 e. The molecular formula is C6H8ClF3N2O2. The van der Waals surface area contributed by atoms with Crippen molar-refractivity contribution >= 4 is 23.4 Å². The number of alkyl halides is 4. The van der Waals surface area contributed by atoms with E-state index in [2.05, 4.69) is 5.32 Å². The van der Waals surface area contributed by atoms with Crippen LogP contribution in [-0.2, 0) is 9.59 Å². The summed E-state index contributed by atoms with van der Waals surface area (Å²) in [6.07, 6.45) is -4.89. The molecule has 14 heavy (non-hydrogen) atoms. The highest BCUT2D eigenvalue weighted by molar-refractivity contribution is 6.27. The Balaban J connectivity index is 3.56. The molecule has 0 radical (unpaired) electrons. The maximum atomic E-state index is 11.6. The van der Waals surface area contributed by atoms with Gasteiger partial charge in [-0.25, -0.2) is 0 Å². The lowest BCUT2D eigenvalue weighted by molar-refractivity contribution is -0.173. The second kappa shape index (κ2) is 5.69. The van der Waals surface area contributed by atoms with Crippen molar-refractivity contribution in [1.82, 2.24) is 10.6 Å². The van der Waals surface area contributed by atoms with Gasteiger partial charge in [0.05, 0.1) is 0 Å². The normalized spacial score (nSPS) is 10.9. The van der Waals surface area contributed by atoms with Crippen LogP contribution in [-0.4, -0.2) is 37.0 Å². The average molecular weight is 233 g/mol. The Morgan fingerprint density at radius 3 is 2.07 bits per heavy atom. The molecule has 8 heteroatoms. The summed E-state index contributed by atoms with van der Waals surface area (Å²) in [6, 6.07) is 0. The number of amides is 2. The molecule has 0 saturated heterocycles. The molecule has 0 aromatic heterocycles. The van der Waals surface area contributed by atoms with E-state index in [0.717, 1.165) is 0 Å². The Kier molecular flexibility index (Phi) is 5.29. The number of nitrogens with one attached hydrogen (secondary N) is 2. The molecule has 0 aliphatic carbocycles. The third-order valence-electron chi connectivity index (χ3n) is 1.11. The zero-order valence-electron chi connectivity index (χ0n) is 6.95. The zero-order chi connectivity index (χ0) is 11.2. The van der Waals surface area contributed by atoms with Crippen molar-refractivity contribution in [3.8, 4) is 0 Å². The summed E-state index contributed by atoms with van der Waals surface area (Å²) in [7, 11) is 0. The van der Waals surface area contributed by atoms with Crippen LogP contribution >= 0.6 is 11.6 Å². The van der Waals surface area contributed by atoms with E-state index in [4.69, 9.17) is 11.6 Å². The van der Waals surface area contributed by atoms with Gasteiger partial charge in [0.25, 0.3) is 0 Å². The summed E-state index contributed by atoms with van der Waals surface area (Å²) in [5.74, 6) is -2.81. The minimum atomic E-state index is -4.89. The summed E-state index contributed by atoms with van der Waals surface area (Å²) >= 11 is 5.09. The monoisotopic (exact) mass is 232 g/mol. The van der Waals surface area contributed by atoms with Gasteiger partial charge in [0.2, 0.25) is 5.91 Å². The molecule has 0 atom stereocenters. The van der Waals surface area contributed by atoms with E-state index in [1.54, 1.807) is 5.32 Å². The first-order valence-electron chi connectivity index (χ1n) is 3.55. The van der Waals surface area contributed by atoms with Crippen molar-refractivity contribution in [2.24, 2.45) is 0 Å². The molecule has 0 spiro atoms. The fraction of sp³-hybridized carbons (Fsp3) is 0.667. The molecule has 0 rings (SSSR count). The quantitative estimate of drug-likeness (QED) is 0.530. The van der Waals surface area contributed by atoms with E-state index in [9.17, 15) is 22.8 Å². The predicted octanol–water partition coefficient (Wildman–Crippen LogP) is 0.0199. The lowest BCUT2D eigenvalue weighted by Crippen LogP contribution is -2.41. The molecule has 82 valence electrons. The van der Waals surface area contributed by atoms with Gasteiger partial charge in [0.15, 0.2) is 0 Å². The highest BCUT2D eigenvalue weighted by Gasteiger charge is 2.38. The summed E-state index contributed by atoms with van der Waals surface area (Å²) in [5, 5.41) is 3.77. The Morgan fingerprint density at radius 1 is 1.14 bits per heavy atom. The van der Waals surface area contributed by atoms with Crippen molar-refractivity contribution in [3.63, 3.8) is 0 Å². The van der Waals surface area contributed by atoms with E-state index < -0.39 is 18.0 Å². The van der Waals surface area contributed by atoms with E-state index in [0.29, 0.717) is 0 Å². The number of carbonyl (C=O) groups is 2. The van der Waals surface area contributed by atoms with Crippen LogP contribution in [0.5, 0.6) is 0 Å². The van der Waals surface area contributed by atoms with Crippen molar-refractivity contribution in [2.75, 3.05) is 19.0 Å². The first-order chi connectivity index (χ1) is 6.38. The number of hydrogen-bond acceptors (Lipinski definition) is 2. The SMILES string of the molecule is O=C(CCl)NCCNC(=O)C(F)(F)F. The van der Waals surface area contributed by atoms with Crippen LogP contribution in [0.25, 0.3) is 0 Å². The molecule has 4 nitrogen and oxygen atoms in total. The Labute approximate surface area is 82.8 Å². The second-order valence-electron chi connectivity index (χ2n) is 2.24. The molecule has 0 saturated carbocycles. The van der Waals surface area contributed by atoms with Crippen LogP contribution in [0.15, 0.2) is 0 Å². The van der Waals surface area contributed by atoms with Crippen molar-refractivity contribution in [2.45, 2.75) is 6.18 Å². The van der Waals surface area contributed by atoms with E-state index >= 15 is 0 Å². The summed E-state index contributed by atoms with van der Waals surface area (Å²) < 4.78 is 34.7. The largest absolute Gasteiger partial charge is 0.471 e. The van der Waals surface area contributed by atoms with Crippen molar-refractivity contribution in [3.05, 3.63) is 0 Å². The van der Waals surface area contributed by atoms with Crippen LogP contribution in [0.2, 0.25) is 0 Å². The molecule has 0 fully saturated rings. The van der Waals surface area contributed by atoms with E-state index in [-0.39, 0.29) is 19.0 Å². The highest BCUT2D eigenvalue weighted by atomic mass is 35.5. The number of halogens is 4.